The molecule has 0 bridgehead atoms. The van der Waals surface area contributed by atoms with E-state index in [0.717, 1.165) is 31.8 Å². The third-order valence-corrected chi connectivity index (χ3v) is 2.71. The lowest BCUT2D eigenvalue weighted by molar-refractivity contribution is -0.00711. The lowest BCUT2D eigenvalue weighted by Crippen LogP contribution is -2.36. The Balaban J connectivity index is 0.00000112. The highest BCUT2D eigenvalue weighted by Gasteiger charge is 2.27. The molecule has 0 aliphatic carbocycles. The zero-order valence-corrected chi connectivity index (χ0v) is 11.0. The average Bonchev–Trinajstić information content (AvgIpc) is 2.66. The van der Waals surface area contributed by atoms with Gasteiger partial charge in [-0.3, -0.25) is 0 Å². The van der Waals surface area contributed by atoms with E-state index < -0.39 is 0 Å². The molecule has 1 aromatic heterocycles. The van der Waals surface area contributed by atoms with Gasteiger partial charge in [0.1, 0.15) is 11.9 Å². The molecule has 0 aromatic carbocycles. The lowest BCUT2D eigenvalue weighted by atomic mass is 10.0. The fourth-order valence-electron chi connectivity index (χ4n) is 1.92. The van der Waals surface area contributed by atoms with Gasteiger partial charge in [0, 0.05) is 31.6 Å². The maximum Gasteiger partial charge on any atom is 0.139 e. The van der Waals surface area contributed by atoms with E-state index in [4.69, 9.17) is 10.5 Å². The molecule has 2 N–H and O–H groups in total. The molecule has 1 aliphatic heterocycles. The van der Waals surface area contributed by atoms with Crippen molar-refractivity contribution in [3.63, 3.8) is 0 Å². The molecule has 0 unspecified atom stereocenters. The highest BCUT2D eigenvalue weighted by atomic mass is 35.5. The molecular weight excluding hydrogens is 249 g/mol. The molecular formula is C10H19Cl2N3O. The van der Waals surface area contributed by atoms with Crippen LogP contribution in [0.4, 0.5) is 0 Å². The van der Waals surface area contributed by atoms with Gasteiger partial charge in [0.05, 0.1) is 0 Å². The summed E-state index contributed by atoms with van der Waals surface area (Å²) >= 11 is 0. The van der Waals surface area contributed by atoms with E-state index in [-0.39, 0.29) is 37.0 Å². The molecule has 2 heterocycles. The summed E-state index contributed by atoms with van der Waals surface area (Å²) in [5.74, 6) is 0.972. The number of nitrogens with two attached hydrogens (primary N) is 1. The van der Waals surface area contributed by atoms with Crippen molar-refractivity contribution < 1.29 is 4.74 Å². The summed E-state index contributed by atoms with van der Waals surface area (Å²) in [4.78, 5) is 4.32. The minimum atomic E-state index is -0.0151. The molecule has 0 radical (unpaired) electrons. The molecule has 4 nitrogen and oxygen atoms in total. The van der Waals surface area contributed by atoms with Crippen LogP contribution in [0.5, 0.6) is 0 Å². The minimum absolute atomic E-state index is 0. The number of imidazole rings is 1. The van der Waals surface area contributed by atoms with Gasteiger partial charge >= 0.3 is 0 Å². The Morgan fingerprint density at radius 1 is 1.56 bits per heavy atom. The fourth-order valence-corrected chi connectivity index (χ4v) is 1.92. The van der Waals surface area contributed by atoms with Gasteiger partial charge in [0.25, 0.3) is 0 Å². The second-order valence-electron chi connectivity index (χ2n) is 3.67. The van der Waals surface area contributed by atoms with Crippen molar-refractivity contribution in [1.29, 1.82) is 0 Å². The molecule has 6 heteroatoms. The number of aromatic nitrogens is 2. The van der Waals surface area contributed by atoms with Crippen LogP contribution in [0, 0.1) is 0 Å². The number of ether oxygens (including phenoxy) is 1. The largest absolute Gasteiger partial charge is 0.369 e. The number of rotatable bonds is 2. The van der Waals surface area contributed by atoms with Gasteiger partial charge < -0.3 is 15.0 Å². The van der Waals surface area contributed by atoms with Crippen molar-refractivity contribution in [1.82, 2.24) is 9.55 Å². The van der Waals surface area contributed by atoms with E-state index >= 15 is 0 Å². The van der Waals surface area contributed by atoms with Crippen LogP contribution in [0.1, 0.15) is 31.7 Å². The number of aryl methyl sites for hydroxylation is 1. The van der Waals surface area contributed by atoms with E-state index in [1.807, 2.05) is 12.4 Å². The van der Waals surface area contributed by atoms with Crippen LogP contribution >= 0.6 is 24.8 Å². The normalized spacial score (nSPS) is 24.4. The Kier molecular flexibility index (Phi) is 6.99. The predicted molar refractivity (Wildman–Crippen MR) is 68.3 cm³/mol. The van der Waals surface area contributed by atoms with Crippen molar-refractivity contribution in [3.8, 4) is 0 Å². The van der Waals surface area contributed by atoms with Crippen molar-refractivity contribution >= 4 is 24.8 Å². The fraction of sp³-hybridized carbons (Fsp3) is 0.700. The van der Waals surface area contributed by atoms with Crippen molar-refractivity contribution in [2.75, 3.05) is 6.61 Å². The molecule has 2 rings (SSSR count). The summed E-state index contributed by atoms with van der Waals surface area (Å²) < 4.78 is 7.76. The van der Waals surface area contributed by atoms with Crippen molar-refractivity contribution in [2.24, 2.45) is 5.73 Å². The first-order valence-electron chi connectivity index (χ1n) is 5.21. The van der Waals surface area contributed by atoms with Gasteiger partial charge in [-0.1, -0.05) is 0 Å². The van der Waals surface area contributed by atoms with Crippen LogP contribution in [0.2, 0.25) is 0 Å². The van der Waals surface area contributed by atoms with Crippen LogP contribution in [-0.2, 0) is 11.3 Å². The average molecular weight is 268 g/mol. The molecule has 1 fully saturated rings. The first-order valence-corrected chi connectivity index (χ1v) is 5.21. The first kappa shape index (κ1) is 15.7. The Hall–Kier alpha value is -0.290. The number of hydrogen-bond acceptors (Lipinski definition) is 3. The molecule has 1 aliphatic rings. The Bertz CT molecular complexity index is 306. The Morgan fingerprint density at radius 2 is 2.31 bits per heavy atom. The summed E-state index contributed by atoms with van der Waals surface area (Å²) in [5.41, 5.74) is 6.02. The zero-order valence-electron chi connectivity index (χ0n) is 9.33. The highest BCUT2D eigenvalue weighted by Crippen LogP contribution is 2.25. The maximum absolute atomic E-state index is 6.02. The summed E-state index contributed by atoms with van der Waals surface area (Å²) in [6.45, 7) is 3.82. The van der Waals surface area contributed by atoms with Gasteiger partial charge in [-0.25, -0.2) is 4.98 Å². The summed E-state index contributed by atoms with van der Waals surface area (Å²) in [6.07, 6.45) is 5.86. The van der Waals surface area contributed by atoms with Gasteiger partial charge in [-0.2, -0.15) is 0 Å². The van der Waals surface area contributed by atoms with Crippen LogP contribution in [0.3, 0.4) is 0 Å². The van der Waals surface area contributed by atoms with Gasteiger partial charge in [0.2, 0.25) is 0 Å². The second-order valence-corrected chi connectivity index (χ2v) is 3.67. The quantitative estimate of drug-likeness (QED) is 0.891. The SMILES string of the molecule is CCn1ccnc1[C@H]1OCCC[C@@H]1N.Cl.Cl. The zero-order chi connectivity index (χ0) is 9.97. The van der Waals surface area contributed by atoms with E-state index in [2.05, 4.69) is 16.5 Å². The smallest absolute Gasteiger partial charge is 0.139 e. The van der Waals surface area contributed by atoms with E-state index in [0.29, 0.717) is 0 Å². The molecule has 2 atom stereocenters. The van der Waals surface area contributed by atoms with E-state index in [1.54, 1.807) is 0 Å². The highest BCUT2D eigenvalue weighted by molar-refractivity contribution is 5.85. The lowest BCUT2D eigenvalue weighted by Gasteiger charge is -2.28. The number of halogens is 2. The van der Waals surface area contributed by atoms with Crippen LogP contribution in [0.15, 0.2) is 12.4 Å². The van der Waals surface area contributed by atoms with Gasteiger partial charge in [-0.05, 0) is 19.8 Å². The third kappa shape index (κ3) is 3.10. The Labute approximate surface area is 108 Å². The molecule has 0 amide bonds. The first-order chi connectivity index (χ1) is 6.83. The third-order valence-electron chi connectivity index (χ3n) is 2.71. The summed E-state index contributed by atoms with van der Waals surface area (Å²) in [5, 5.41) is 0. The van der Waals surface area contributed by atoms with Crippen molar-refractivity contribution in [2.45, 2.75) is 38.5 Å². The number of nitrogens with zero attached hydrogens (tertiary/aromatic N) is 2. The van der Waals surface area contributed by atoms with E-state index in [9.17, 15) is 0 Å². The molecule has 0 spiro atoms. The molecule has 0 saturated carbocycles. The molecule has 1 saturated heterocycles. The number of hydrogen-bond donors (Lipinski definition) is 1. The van der Waals surface area contributed by atoms with E-state index in [1.165, 1.54) is 0 Å². The van der Waals surface area contributed by atoms with Crippen LogP contribution < -0.4 is 5.73 Å². The summed E-state index contributed by atoms with van der Waals surface area (Å²) in [7, 11) is 0. The molecule has 16 heavy (non-hydrogen) atoms. The molecule has 1 aromatic rings. The Morgan fingerprint density at radius 3 is 2.94 bits per heavy atom. The van der Waals surface area contributed by atoms with Crippen LogP contribution in [0.25, 0.3) is 0 Å². The second kappa shape index (κ2) is 7.12. The van der Waals surface area contributed by atoms with Gasteiger partial charge in [-0.15, -0.1) is 24.8 Å². The predicted octanol–water partition coefficient (Wildman–Crippen LogP) is 1.93. The van der Waals surface area contributed by atoms with Gasteiger partial charge in [0.15, 0.2) is 0 Å². The van der Waals surface area contributed by atoms with Crippen molar-refractivity contribution in [3.05, 3.63) is 18.2 Å². The molecule has 94 valence electrons. The summed E-state index contributed by atoms with van der Waals surface area (Å²) in [6, 6.07) is 0.0939. The standard InChI is InChI=1S/C10H17N3O.2ClH/c1-2-13-6-5-12-10(13)9-8(11)4-3-7-14-9;;/h5-6,8-9H,2-4,7,11H2,1H3;2*1H/t8-,9-;;/m0../s1. The minimum Gasteiger partial charge on any atom is -0.369 e. The topological polar surface area (TPSA) is 53.1 Å². The monoisotopic (exact) mass is 267 g/mol. The maximum atomic E-state index is 6.02. The van der Waals surface area contributed by atoms with Crippen LogP contribution in [-0.4, -0.2) is 22.2 Å².